The summed E-state index contributed by atoms with van der Waals surface area (Å²) in [6.07, 6.45) is 0. The fourth-order valence-corrected chi connectivity index (χ4v) is 2.13. The van der Waals surface area contributed by atoms with Crippen molar-refractivity contribution in [3.05, 3.63) is 52.2 Å². The Labute approximate surface area is 98.9 Å². The minimum Gasteiger partial charge on any atom is -0.378 e. The van der Waals surface area contributed by atoms with Crippen LogP contribution in [0, 0.1) is 6.92 Å². The molecule has 1 aromatic heterocycles. The first-order valence-electron chi connectivity index (χ1n) is 5.13. The third kappa shape index (κ3) is 2.70. The Bertz CT molecular complexity index is 476. The molecule has 0 saturated carbocycles. The molecule has 0 aliphatic heterocycles. The van der Waals surface area contributed by atoms with E-state index in [0.717, 1.165) is 10.6 Å². The number of aryl methyl sites for hydroxylation is 1. The summed E-state index contributed by atoms with van der Waals surface area (Å²) >= 11 is 1.48. The molecule has 0 fully saturated rings. The zero-order chi connectivity index (χ0) is 11.4. The Morgan fingerprint density at radius 3 is 2.88 bits per heavy atom. The van der Waals surface area contributed by atoms with Crippen molar-refractivity contribution >= 4 is 22.8 Å². The van der Waals surface area contributed by atoms with Crippen LogP contribution in [0.1, 0.15) is 15.2 Å². The zero-order valence-corrected chi connectivity index (χ0v) is 9.88. The zero-order valence-electron chi connectivity index (χ0n) is 9.07. The van der Waals surface area contributed by atoms with Crippen molar-refractivity contribution in [1.29, 1.82) is 0 Å². The second kappa shape index (κ2) is 4.94. The summed E-state index contributed by atoms with van der Waals surface area (Å²) < 4.78 is 0. The molecule has 0 aliphatic carbocycles. The third-order valence-corrected chi connectivity index (χ3v) is 3.18. The average Bonchev–Trinajstić information content (AvgIpc) is 2.79. The molecule has 0 aliphatic rings. The minimum atomic E-state index is 0.136. The van der Waals surface area contributed by atoms with Gasteiger partial charge in [0.25, 0.3) is 0 Å². The summed E-state index contributed by atoms with van der Waals surface area (Å²) in [4.78, 5) is 12.5. The molecule has 0 atom stereocenters. The maximum atomic E-state index is 11.7. The summed E-state index contributed by atoms with van der Waals surface area (Å²) in [5, 5.41) is 5.05. The molecule has 0 radical (unpaired) electrons. The highest BCUT2D eigenvalue weighted by atomic mass is 32.1. The van der Waals surface area contributed by atoms with Crippen LogP contribution in [0.3, 0.4) is 0 Å². The number of nitrogens with one attached hydrogen (secondary N) is 1. The topological polar surface area (TPSA) is 29.1 Å². The largest absolute Gasteiger partial charge is 0.378 e. The van der Waals surface area contributed by atoms with Gasteiger partial charge in [-0.1, -0.05) is 18.2 Å². The van der Waals surface area contributed by atoms with Gasteiger partial charge in [-0.2, -0.15) is 0 Å². The Kier molecular flexibility index (Phi) is 3.37. The van der Waals surface area contributed by atoms with Crippen molar-refractivity contribution < 1.29 is 4.79 Å². The molecule has 0 amide bonds. The summed E-state index contributed by atoms with van der Waals surface area (Å²) in [6.45, 7) is 2.39. The highest BCUT2D eigenvalue weighted by molar-refractivity contribution is 7.12. The Morgan fingerprint density at radius 1 is 1.31 bits per heavy atom. The van der Waals surface area contributed by atoms with Crippen molar-refractivity contribution in [3.63, 3.8) is 0 Å². The highest BCUT2D eigenvalue weighted by Gasteiger charge is 2.05. The molecule has 1 N–H and O–H groups in total. The first kappa shape index (κ1) is 10.9. The number of ketones is 1. The van der Waals surface area contributed by atoms with E-state index in [0.29, 0.717) is 6.54 Å². The number of thiophene rings is 1. The Hall–Kier alpha value is -1.61. The van der Waals surface area contributed by atoms with Gasteiger partial charge in [-0.3, -0.25) is 4.79 Å². The second-order valence-corrected chi connectivity index (χ2v) is 4.57. The van der Waals surface area contributed by atoms with Crippen LogP contribution in [0.5, 0.6) is 0 Å². The molecule has 2 aromatic rings. The number of rotatable bonds is 4. The molecule has 1 heterocycles. The molecule has 16 heavy (non-hydrogen) atoms. The second-order valence-electron chi connectivity index (χ2n) is 3.62. The molecule has 2 rings (SSSR count). The normalized spacial score (nSPS) is 10.1. The van der Waals surface area contributed by atoms with E-state index >= 15 is 0 Å². The van der Waals surface area contributed by atoms with Crippen LogP contribution >= 0.6 is 11.3 Å². The van der Waals surface area contributed by atoms with E-state index in [1.54, 1.807) is 0 Å². The van der Waals surface area contributed by atoms with Gasteiger partial charge in [-0.15, -0.1) is 11.3 Å². The number of hydrogen-bond donors (Lipinski definition) is 1. The SMILES string of the molecule is Cc1cccc(NCC(=O)c2cccs2)c1. The van der Waals surface area contributed by atoms with Crippen molar-refractivity contribution in [2.45, 2.75) is 6.92 Å². The van der Waals surface area contributed by atoms with Gasteiger partial charge in [0, 0.05) is 5.69 Å². The lowest BCUT2D eigenvalue weighted by Gasteiger charge is -2.05. The van der Waals surface area contributed by atoms with Crippen LogP contribution in [0.15, 0.2) is 41.8 Å². The molecule has 0 bridgehead atoms. The number of carbonyl (C=O) groups is 1. The van der Waals surface area contributed by atoms with Gasteiger partial charge in [0.15, 0.2) is 5.78 Å². The van der Waals surface area contributed by atoms with E-state index in [2.05, 4.69) is 5.32 Å². The van der Waals surface area contributed by atoms with Crippen LogP contribution in [0.4, 0.5) is 5.69 Å². The van der Waals surface area contributed by atoms with Gasteiger partial charge in [0.05, 0.1) is 11.4 Å². The highest BCUT2D eigenvalue weighted by Crippen LogP contribution is 2.12. The lowest BCUT2D eigenvalue weighted by Crippen LogP contribution is -2.12. The number of carbonyl (C=O) groups excluding carboxylic acids is 1. The maximum Gasteiger partial charge on any atom is 0.191 e. The molecule has 82 valence electrons. The standard InChI is InChI=1S/C13H13NOS/c1-10-4-2-5-11(8-10)14-9-12(15)13-6-3-7-16-13/h2-8,14H,9H2,1H3. The minimum absolute atomic E-state index is 0.136. The van der Waals surface area contributed by atoms with Crippen molar-refractivity contribution in [2.75, 3.05) is 11.9 Å². The number of Topliss-reactive ketones (excluding diaryl/α,β-unsaturated/α-hetero) is 1. The van der Waals surface area contributed by atoms with Crippen LogP contribution in [-0.4, -0.2) is 12.3 Å². The van der Waals surface area contributed by atoms with Gasteiger partial charge in [-0.25, -0.2) is 0 Å². The van der Waals surface area contributed by atoms with Crippen LogP contribution in [0.25, 0.3) is 0 Å². The van der Waals surface area contributed by atoms with Crippen LogP contribution in [0.2, 0.25) is 0 Å². The molecule has 3 heteroatoms. The van der Waals surface area contributed by atoms with Gasteiger partial charge in [0.2, 0.25) is 0 Å². The number of hydrogen-bond acceptors (Lipinski definition) is 3. The van der Waals surface area contributed by atoms with Crippen molar-refractivity contribution in [1.82, 2.24) is 0 Å². The summed E-state index contributed by atoms with van der Waals surface area (Å²) in [5.74, 6) is 0.136. The van der Waals surface area contributed by atoms with Gasteiger partial charge >= 0.3 is 0 Å². The maximum absolute atomic E-state index is 11.7. The number of benzene rings is 1. The molecule has 2 nitrogen and oxygen atoms in total. The van der Waals surface area contributed by atoms with E-state index in [9.17, 15) is 4.79 Å². The average molecular weight is 231 g/mol. The van der Waals surface area contributed by atoms with E-state index < -0.39 is 0 Å². The lowest BCUT2D eigenvalue weighted by atomic mass is 10.2. The van der Waals surface area contributed by atoms with Gasteiger partial charge in [0.1, 0.15) is 0 Å². The van der Waals surface area contributed by atoms with E-state index in [1.165, 1.54) is 16.9 Å². The Morgan fingerprint density at radius 2 is 2.19 bits per heavy atom. The molecular weight excluding hydrogens is 218 g/mol. The first-order chi connectivity index (χ1) is 7.75. The fourth-order valence-electron chi connectivity index (χ4n) is 1.46. The number of anilines is 1. The van der Waals surface area contributed by atoms with E-state index in [-0.39, 0.29) is 5.78 Å². The summed E-state index contributed by atoms with van der Waals surface area (Å²) in [7, 11) is 0. The molecule has 0 spiro atoms. The fraction of sp³-hybridized carbons (Fsp3) is 0.154. The molecule has 1 aromatic carbocycles. The van der Waals surface area contributed by atoms with Gasteiger partial charge in [-0.05, 0) is 36.1 Å². The predicted molar refractivity (Wildman–Crippen MR) is 68.3 cm³/mol. The van der Waals surface area contributed by atoms with Gasteiger partial charge < -0.3 is 5.32 Å². The predicted octanol–water partition coefficient (Wildman–Crippen LogP) is 3.35. The van der Waals surface area contributed by atoms with Crippen molar-refractivity contribution in [2.24, 2.45) is 0 Å². The smallest absolute Gasteiger partial charge is 0.191 e. The quantitative estimate of drug-likeness (QED) is 0.817. The van der Waals surface area contributed by atoms with Crippen molar-refractivity contribution in [3.8, 4) is 0 Å². The van der Waals surface area contributed by atoms with E-state index in [1.807, 2.05) is 48.7 Å². The third-order valence-electron chi connectivity index (χ3n) is 2.27. The molecule has 0 unspecified atom stereocenters. The molecule has 0 saturated heterocycles. The van der Waals surface area contributed by atoms with Crippen LogP contribution < -0.4 is 5.32 Å². The Balaban J connectivity index is 1.95. The first-order valence-corrected chi connectivity index (χ1v) is 6.01. The van der Waals surface area contributed by atoms with E-state index in [4.69, 9.17) is 0 Å². The lowest BCUT2D eigenvalue weighted by molar-refractivity contribution is 0.101. The summed E-state index contributed by atoms with van der Waals surface area (Å²) in [5.41, 5.74) is 2.18. The van der Waals surface area contributed by atoms with Crippen LogP contribution in [-0.2, 0) is 0 Å². The molecular formula is C13H13NOS. The monoisotopic (exact) mass is 231 g/mol. The summed E-state index contributed by atoms with van der Waals surface area (Å²) in [6, 6.07) is 11.8.